The summed E-state index contributed by atoms with van der Waals surface area (Å²) < 4.78 is 9.86. The van der Waals surface area contributed by atoms with Crippen LogP contribution in [-0.2, 0) is 13.1 Å². The molecule has 0 fully saturated rings. The molecule has 0 spiro atoms. The van der Waals surface area contributed by atoms with Crippen LogP contribution in [0.4, 0.5) is 0 Å². The summed E-state index contributed by atoms with van der Waals surface area (Å²) in [6.45, 7) is 1.91. The number of hydrogen-bond acceptors (Lipinski definition) is 2. The lowest BCUT2D eigenvalue weighted by Gasteiger charge is -2.08. The highest BCUT2D eigenvalue weighted by Gasteiger charge is 2.11. The number of halogens is 2. The smallest absolute Gasteiger partial charge is 0.203 e. The molecule has 0 atom stereocenters. The summed E-state index contributed by atoms with van der Waals surface area (Å²) >= 11 is 11.9. The first kappa shape index (κ1) is 19.6. The maximum absolute atomic E-state index is 8.73. The van der Waals surface area contributed by atoms with Crippen LogP contribution in [0, 0.1) is 5.41 Å². The van der Waals surface area contributed by atoms with E-state index in [9.17, 15) is 0 Å². The molecular weight excluding hydrogens is 405 g/mol. The van der Waals surface area contributed by atoms with E-state index in [1.54, 1.807) is 0 Å². The summed E-state index contributed by atoms with van der Waals surface area (Å²) in [7, 11) is 0. The largest absolute Gasteiger partial charge is 0.494 e. The Labute approximate surface area is 179 Å². The van der Waals surface area contributed by atoms with Crippen LogP contribution >= 0.6 is 23.2 Å². The van der Waals surface area contributed by atoms with E-state index in [0.717, 1.165) is 28.8 Å². The third-order valence-electron chi connectivity index (χ3n) is 4.84. The van der Waals surface area contributed by atoms with Gasteiger partial charge in [-0.1, -0.05) is 47.5 Å². The minimum absolute atomic E-state index is 0.479. The average Bonchev–Trinajstić information content (AvgIpc) is 3.00. The SMILES string of the molecule is N=c1n(CCCOc2ccc(Cl)cc2)c2ccccc2n1Cc1ccc(Cl)cc1. The van der Waals surface area contributed by atoms with Crippen molar-refractivity contribution in [1.82, 2.24) is 9.13 Å². The Hall–Kier alpha value is -2.69. The first-order valence-electron chi connectivity index (χ1n) is 9.47. The van der Waals surface area contributed by atoms with Crippen LogP contribution in [-0.4, -0.2) is 15.7 Å². The Morgan fingerprint density at radius 2 is 1.34 bits per heavy atom. The molecule has 4 aromatic rings. The fourth-order valence-electron chi connectivity index (χ4n) is 3.40. The minimum Gasteiger partial charge on any atom is -0.494 e. The highest BCUT2D eigenvalue weighted by atomic mass is 35.5. The van der Waals surface area contributed by atoms with E-state index in [-0.39, 0.29) is 0 Å². The van der Waals surface area contributed by atoms with Crippen molar-refractivity contribution >= 4 is 34.2 Å². The van der Waals surface area contributed by atoms with Crippen molar-refractivity contribution in [3.63, 3.8) is 0 Å². The molecule has 1 aromatic heterocycles. The highest BCUT2D eigenvalue weighted by molar-refractivity contribution is 6.30. The number of imidazole rings is 1. The molecule has 4 nitrogen and oxygen atoms in total. The number of hydrogen-bond donors (Lipinski definition) is 1. The first-order chi connectivity index (χ1) is 14.1. The van der Waals surface area contributed by atoms with Crippen molar-refractivity contribution in [1.29, 1.82) is 5.41 Å². The molecule has 1 N–H and O–H groups in total. The summed E-state index contributed by atoms with van der Waals surface area (Å²) in [5, 5.41) is 10.1. The zero-order valence-electron chi connectivity index (χ0n) is 15.8. The molecule has 0 bridgehead atoms. The van der Waals surface area contributed by atoms with Crippen molar-refractivity contribution < 1.29 is 4.74 Å². The van der Waals surface area contributed by atoms with Crippen molar-refractivity contribution in [2.24, 2.45) is 0 Å². The van der Waals surface area contributed by atoms with Gasteiger partial charge in [-0.15, -0.1) is 0 Å². The van der Waals surface area contributed by atoms with Crippen LogP contribution in [0.3, 0.4) is 0 Å². The lowest BCUT2D eigenvalue weighted by Crippen LogP contribution is -2.25. The summed E-state index contributed by atoms with van der Waals surface area (Å²) in [5.74, 6) is 0.802. The normalized spacial score (nSPS) is 11.1. The second-order valence-corrected chi connectivity index (χ2v) is 7.71. The van der Waals surface area contributed by atoms with Crippen LogP contribution < -0.4 is 10.4 Å². The third-order valence-corrected chi connectivity index (χ3v) is 5.34. The van der Waals surface area contributed by atoms with Gasteiger partial charge in [-0.3, -0.25) is 5.41 Å². The Balaban J connectivity index is 1.51. The number of aryl methyl sites for hydroxylation is 1. The van der Waals surface area contributed by atoms with Gasteiger partial charge < -0.3 is 13.9 Å². The van der Waals surface area contributed by atoms with E-state index in [2.05, 4.69) is 12.1 Å². The third kappa shape index (κ3) is 4.50. The summed E-state index contributed by atoms with van der Waals surface area (Å²) in [4.78, 5) is 0. The van der Waals surface area contributed by atoms with E-state index in [1.807, 2.05) is 69.8 Å². The van der Waals surface area contributed by atoms with Crippen molar-refractivity contribution in [3.05, 3.63) is 94.0 Å². The number of ether oxygens (including phenoxy) is 1. The molecule has 0 radical (unpaired) electrons. The van der Waals surface area contributed by atoms with Crippen molar-refractivity contribution in [2.75, 3.05) is 6.61 Å². The summed E-state index contributed by atoms with van der Waals surface area (Å²) in [6, 6.07) is 23.3. The standard InChI is InChI=1S/C23H21Cl2N3O/c24-18-8-6-17(7-9-18)16-28-22-5-2-1-4-21(22)27(23(28)26)14-3-15-29-20-12-10-19(25)11-13-20/h1-2,4-13,26H,3,14-16H2. The van der Waals surface area contributed by atoms with E-state index in [1.165, 1.54) is 0 Å². The molecule has 6 heteroatoms. The fraction of sp³-hybridized carbons (Fsp3) is 0.174. The molecule has 29 heavy (non-hydrogen) atoms. The Bertz CT molecular complexity index is 1160. The molecular formula is C23H21Cl2N3O. The number of rotatable bonds is 7. The van der Waals surface area contributed by atoms with Gasteiger partial charge in [-0.05, 0) is 60.5 Å². The number of nitrogens with one attached hydrogen (secondary N) is 1. The average molecular weight is 426 g/mol. The predicted octanol–water partition coefficient (Wildman–Crippen LogP) is 5.75. The van der Waals surface area contributed by atoms with Gasteiger partial charge in [0.1, 0.15) is 5.75 Å². The van der Waals surface area contributed by atoms with Crippen LogP contribution in [0.5, 0.6) is 5.75 Å². The van der Waals surface area contributed by atoms with Gasteiger partial charge in [-0.2, -0.15) is 0 Å². The molecule has 4 rings (SSSR count). The number of benzene rings is 3. The maximum Gasteiger partial charge on any atom is 0.203 e. The fourth-order valence-corrected chi connectivity index (χ4v) is 3.65. The second-order valence-electron chi connectivity index (χ2n) is 6.83. The summed E-state index contributed by atoms with van der Waals surface area (Å²) in [6.07, 6.45) is 0.800. The van der Waals surface area contributed by atoms with Gasteiger partial charge in [0, 0.05) is 16.6 Å². The molecule has 0 aliphatic carbocycles. The van der Waals surface area contributed by atoms with Gasteiger partial charge in [0.15, 0.2) is 0 Å². The number of nitrogens with zero attached hydrogens (tertiary/aromatic N) is 2. The quantitative estimate of drug-likeness (QED) is 0.376. The highest BCUT2D eigenvalue weighted by Crippen LogP contribution is 2.18. The van der Waals surface area contributed by atoms with Crippen molar-refractivity contribution in [3.8, 4) is 5.75 Å². The molecule has 0 saturated heterocycles. The second kappa shape index (κ2) is 8.76. The van der Waals surface area contributed by atoms with Gasteiger partial charge >= 0.3 is 0 Å². The van der Waals surface area contributed by atoms with E-state index >= 15 is 0 Å². The molecule has 0 amide bonds. The topological polar surface area (TPSA) is 42.9 Å². The number of aromatic nitrogens is 2. The first-order valence-corrected chi connectivity index (χ1v) is 10.2. The number of para-hydroxylation sites is 2. The Morgan fingerprint density at radius 1 is 0.759 bits per heavy atom. The van der Waals surface area contributed by atoms with Gasteiger partial charge in [-0.25, -0.2) is 0 Å². The zero-order chi connectivity index (χ0) is 20.2. The van der Waals surface area contributed by atoms with Gasteiger partial charge in [0.2, 0.25) is 5.62 Å². The van der Waals surface area contributed by atoms with Crippen LogP contribution in [0.25, 0.3) is 11.0 Å². The lowest BCUT2D eigenvalue weighted by atomic mass is 10.2. The van der Waals surface area contributed by atoms with E-state index < -0.39 is 0 Å². The Morgan fingerprint density at radius 3 is 2.00 bits per heavy atom. The van der Waals surface area contributed by atoms with Crippen LogP contribution in [0.2, 0.25) is 10.0 Å². The molecule has 0 aliphatic heterocycles. The lowest BCUT2D eigenvalue weighted by molar-refractivity contribution is 0.301. The number of fused-ring (bicyclic) bond motifs is 1. The molecule has 148 valence electrons. The van der Waals surface area contributed by atoms with Gasteiger partial charge in [0.05, 0.1) is 24.2 Å². The predicted molar refractivity (Wildman–Crippen MR) is 118 cm³/mol. The van der Waals surface area contributed by atoms with Crippen LogP contribution in [0.1, 0.15) is 12.0 Å². The summed E-state index contributed by atoms with van der Waals surface area (Å²) in [5.41, 5.74) is 3.69. The molecule has 0 aliphatic rings. The molecule has 3 aromatic carbocycles. The zero-order valence-corrected chi connectivity index (χ0v) is 17.3. The molecule has 1 heterocycles. The van der Waals surface area contributed by atoms with E-state index in [4.69, 9.17) is 33.3 Å². The Kier molecular flexibility index (Phi) is 5.93. The van der Waals surface area contributed by atoms with Gasteiger partial charge in [0.25, 0.3) is 0 Å². The van der Waals surface area contributed by atoms with Crippen LogP contribution in [0.15, 0.2) is 72.8 Å². The molecule has 0 unspecified atom stereocenters. The van der Waals surface area contributed by atoms with E-state index in [0.29, 0.717) is 35.4 Å². The van der Waals surface area contributed by atoms with Crippen molar-refractivity contribution in [2.45, 2.75) is 19.5 Å². The maximum atomic E-state index is 8.73. The minimum atomic E-state index is 0.479. The molecule has 0 saturated carbocycles. The monoisotopic (exact) mass is 425 g/mol.